The molecular formula is C20H24ClNO2. The SMILES string of the molecule is Cl.c1ccc(C2(c3ccccc3)OCC(N3CCCCC3)O2)cc1. The summed E-state index contributed by atoms with van der Waals surface area (Å²) in [6.07, 6.45) is 3.87. The minimum Gasteiger partial charge on any atom is -0.338 e. The average Bonchev–Trinajstić information content (AvgIpc) is 3.11. The Labute approximate surface area is 150 Å². The van der Waals surface area contributed by atoms with E-state index in [0.29, 0.717) is 6.61 Å². The minimum absolute atomic E-state index is 0. The lowest BCUT2D eigenvalue weighted by Gasteiger charge is -2.33. The van der Waals surface area contributed by atoms with Crippen LogP contribution < -0.4 is 0 Å². The van der Waals surface area contributed by atoms with E-state index in [9.17, 15) is 0 Å². The number of ether oxygens (including phenoxy) is 2. The van der Waals surface area contributed by atoms with Crippen LogP contribution in [0.3, 0.4) is 0 Å². The second-order valence-corrected chi connectivity index (χ2v) is 6.33. The van der Waals surface area contributed by atoms with E-state index in [4.69, 9.17) is 9.47 Å². The number of piperidine rings is 1. The van der Waals surface area contributed by atoms with E-state index in [1.807, 2.05) is 36.4 Å². The first-order chi connectivity index (χ1) is 11.4. The van der Waals surface area contributed by atoms with Gasteiger partial charge in [-0.05, 0) is 12.8 Å². The van der Waals surface area contributed by atoms with E-state index in [1.54, 1.807) is 0 Å². The molecule has 0 aliphatic carbocycles. The summed E-state index contributed by atoms with van der Waals surface area (Å²) < 4.78 is 12.9. The maximum atomic E-state index is 6.56. The van der Waals surface area contributed by atoms with E-state index in [-0.39, 0.29) is 18.6 Å². The van der Waals surface area contributed by atoms with Gasteiger partial charge in [-0.15, -0.1) is 12.4 Å². The zero-order chi connectivity index (χ0) is 15.5. The molecule has 24 heavy (non-hydrogen) atoms. The molecule has 4 heteroatoms. The first-order valence-corrected chi connectivity index (χ1v) is 8.55. The van der Waals surface area contributed by atoms with Gasteiger partial charge in [-0.2, -0.15) is 0 Å². The number of likely N-dealkylation sites (tertiary alicyclic amines) is 1. The third-order valence-corrected chi connectivity index (χ3v) is 4.84. The number of nitrogens with zero attached hydrogens (tertiary/aromatic N) is 1. The lowest BCUT2D eigenvalue weighted by molar-refractivity contribution is -0.165. The predicted octanol–water partition coefficient (Wildman–Crippen LogP) is 4.17. The zero-order valence-electron chi connectivity index (χ0n) is 13.8. The number of benzene rings is 2. The molecule has 0 amide bonds. The van der Waals surface area contributed by atoms with Crippen molar-refractivity contribution in [3.8, 4) is 0 Å². The van der Waals surface area contributed by atoms with Gasteiger partial charge >= 0.3 is 0 Å². The molecule has 128 valence electrons. The van der Waals surface area contributed by atoms with Crippen molar-refractivity contribution >= 4 is 12.4 Å². The Morgan fingerprint density at radius 3 is 1.88 bits per heavy atom. The molecule has 2 aromatic rings. The monoisotopic (exact) mass is 345 g/mol. The van der Waals surface area contributed by atoms with Crippen LogP contribution in [0.5, 0.6) is 0 Å². The molecule has 3 nitrogen and oxygen atoms in total. The van der Waals surface area contributed by atoms with Crippen LogP contribution in [0.4, 0.5) is 0 Å². The Balaban J connectivity index is 0.00000169. The van der Waals surface area contributed by atoms with Gasteiger partial charge in [0.2, 0.25) is 5.79 Å². The van der Waals surface area contributed by atoms with E-state index in [2.05, 4.69) is 29.2 Å². The van der Waals surface area contributed by atoms with Crippen LogP contribution in [0.25, 0.3) is 0 Å². The van der Waals surface area contributed by atoms with Crippen molar-refractivity contribution in [2.24, 2.45) is 0 Å². The predicted molar refractivity (Wildman–Crippen MR) is 97.2 cm³/mol. The molecule has 0 aromatic heterocycles. The summed E-state index contributed by atoms with van der Waals surface area (Å²) in [4.78, 5) is 2.43. The molecule has 0 N–H and O–H groups in total. The van der Waals surface area contributed by atoms with Crippen molar-refractivity contribution < 1.29 is 9.47 Å². The molecule has 0 saturated carbocycles. The molecule has 1 atom stereocenters. The normalized spacial score (nSPS) is 23.6. The third kappa shape index (κ3) is 3.22. The quantitative estimate of drug-likeness (QED) is 0.833. The largest absolute Gasteiger partial charge is 0.338 e. The van der Waals surface area contributed by atoms with Gasteiger partial charge in [0, 0.05) is 24.2 Å². The number of rotatable bonds is 3. The van der Waals surface area contributed by atoms with Crippen LogP contribution in [-0.4, -0.2) is 30.8 Å². The second-order valence-electron chi connectivity index (χ2n) is 6.33. The highest BCUT2D eigenvalue weighted by atomic mass is 35.5. The van der Waals surface area contributed by atoms with Crippen LogP contribution in [-0.2, 0) is 15.3 Å². The van der Waals surface area contributed by atoms with Crippen molar-refractivity contribution in [2.45, 2.75) is 31.3 Å². The highest BCUT2D eigenvalue weighted by Gasteiger charge is 2.46. The van der Waals surface area contributed by atoms with E-state index in [0.717, 1.165) is 24.2 Å². The molecular weight excluding hydrogens is 322 g/mol. The smallest absolute Gasteiger partial charge is 0.224 e. The standard InChI is InChI=1S/C20H23NO2.ClH/c1-4-10-17(11-5-1)20(18-12-6-2-7-13-18)22-16-19(23-20)21-14-8-3-9-15-21;/h1-2,4-7,10-13,19H,3,8-9,14-16H2;1H. The van der Waals surface area contributed by atoms with Gasteiger partial charge < -0.3 is 9.47 Å². The van der Waals surface area contributed by atoms with Gasteiger partial charge in [-0.25, -0.2) is 0 Å². The second kappa shape index (κ2) is 7.66. The Bertz CT molecular complexity index is 589. The fraction of sp³-hybridized carbons (Fsp3) is 0.400. The van der Waals surface area contributed by atoms with E-state index >= 15 is 0 Å². The van der Waals surface area contributed by atoms with Gasteiger partial charge in [-0.1, -0.05) is 67.1 Å². The molecule has 2 heterocycles. The van der Waals surface area contributed by atoms with Gasteiger partial charge in [-0.3, -0.25) is 4.90 Å². The highest BCUT2D eigenvalue weighted by molar-refractivity contribution is 5.85. The molecule has 0 spiro atoms. The molecule has 2 aliphatic heterocycles. The summed E-state index contributed by atoms with van der Waals surface area (Å²) in [6.45, 7) is 2.82. The van der Waals surface area contributed by atoms with Crippen molar-refractivity contribution in [1.29, 1.82) is 0 Å². The molecule has 2 saturated heterocycles. The van der Waals surface area contributed by atoms with Crippen LogP contribution >= 0.6 is 12.4 Å². The lowest BCUT2D eigenvalue weighted by atomic mass is 9.97. The van der Waals surface area contributed by atoms with Gasteiger partial charge in [0.05, 0.1) is 6.61 Å². The van der Waals surface area contributed by atoms with Gasteiger partial charge in [0.25, 0.3) is 0 Å². The Kier molecular flexibility index (Phi) is 5.57. The molecule has 1 unspecified atom stereocenters. The van der Waals surface area contributed by atoms with Crippen LogP contribution in [0, 0.1) is 0 Å². The summed E-state index contributed by atoms with van der Waals surface area (Å²) in [5.74, 6) is -0.787. The van der Waals surface area contributed by atoms with E-state index < -0.39 is 5.79 Å². The Morgan fingerprint density at radius 2 is 1.33 bits per heavy atom. The molecule has 2 aromatic carbocycles. The maximum Gasteiger partial charge on any atom is 0.224 e. The molecule has 0 bridgehead atoms. The van der Waals surface area contributed by atoms with E-state index in [1.165, 1.54) is 19.3 Å². The molecule has 2 aliphatic rings. The van der Waals surface area contributed by atoms with Crippen molar-refractivity contribution in [2.75, 3.05) is 19.7 Å². The first kappa shape index (κ1) is 17.4. The number of hydrogen-bond donors (Lipinski definition) is 0. The van der Waals surface area contributed by atoms with Crippen molar-refractivity contribution in [1.82, 2.24) is 4.90 Å². The molecule has 0 radical (unpaired) electrons. The Hall–Kier alpha value is -1.39. The summed E-state index contributed by atoms with van der Waals surface area (Å²) >= 11 is 0. The fourth-order valence-electron chi connectivity index (χ4n) is 3.62. The van der Waals surface area contributed by atoms with Crippen LogP contribution in [0.2, 0.25) is 0 Å². The number of halogens is 1. The highest BCUT2D eigenvalue weighted by Crippen LogP contribution is 2.41. The van der Waals surface area contributed by atoms with Crippen LogP contribution in [0.15, 0.2) is 60.7 Å². The topological polar surface area (TPSA) is 21.7 Å². The third-order valence-electron chi connectivity index (χ3n) is 4.84. The molecule has 4 rings (SSSR count). The summed E-state index contributed by atoms with van der Waals surface area (Å²) in [5.41, 5.74) is 2.12. The summed E-state index contributed by atoms with van der Waals surface area (Å²) in [5, 5.41) is 0. The van der Waals surface area contributed by atoms with Crippen molar-refractivity contribution in [3.05, 3.63) is 71.8 Å². The summed E-state index contributed by atoms with van der Waals surface area (Å²) in [6, 6.07) is 20.6. The molecule has 2 fully saturated rings. The average molecular weight is 346 g/mol. The number of hydrogen-bond acceptors (Lipinski definition) is 3. The Morgan fingerprint density at radius 1 is 0.792 bits per heavy atom. The minimum atomic E-state index is -0.787. The summed E-state index contributed by atoms with van der Waals surface area (Å²) in [7, 11) is 0. The zero-order valence-corrected chi connectivity index (χ0v) is 14.6. The van der Waals surface area contributed by atoms with Crippen molar-refractivity contribution in [3.63, 3.8) is 0 Å². The van der Waals surface area contributed by atoms with Gasteiger partial charge in [0.1, 0.15) is 6.23 Å². The van der Waals surface area contributed by atoms with Gasteiger partial charge in [0.15, 0.2) is 0 Å². The fourth-order valence-corrected chi connectivity index (χ4v) is 3.62. The maximum absolute atomic E-state index is 6.56. The lowest BCUT2D eigenvalue weighted by Crippen LogP contribution is -2.42. The first-order valence-electron chi connectivity index (χ1n) is 8.55. The van der Waals surface area contributed by atoms with Crippen LogP contribution in [0.1, 0.15) is 30.4 Å².